The monoisotopic (exact) mass is 557 g/mol. The first-order chi connectivity index (χ1) is 19.1. The van der Waals surface area contributed by atoms with Crippen LogP contribution in [0.1, 0.15) is 33.4 Å². The van der Waals surface area contributed by atoms with Crippen LogP contribution in [-0.4, -0.2) is 55.7 Å². The first-order valence-electron chi connectivity index (χ1n) is 12.5. The Morgan fingerprint density at radius 2 is 1.65 bits per heavy atom. The standard InChI is InChI=1S/C28H26F3N3O6/c1-16-11-12-33(19-14-39-15-19)27(37)24(16)34-13-22(17-3-7-20(38-2)8-4-17)23(26(34)36)32-25(35)18-5-9-21(10-6-18)40-28(29,30)31/h3-12,19,22-23H,13-15H2,1-2H3,(H,32,35)/t22-,23?/m0/s1. The number of amides is 2. The maximum absolute atomic E-state index is 13.8. The molecule has 9 nitrogen and oxygen atoms in total. The van der Waals surface area contributed by atoms with Gasteiger partial charge in [-0.05, 0) is 60.5 Å². The first kappa shape index (κ1) is 27.3. The number of nitrogens with zero attached hydrogens (tertiary/aromatic N) is 2. The van der Waals surface area contributed by atoms with Crippen LogP contribution in [0.2, 0.25) is 0 Å². The lowest BCUT2D eigenvalue weighted by Crippen LogP contribution is -2.45. The van der Waals surface area contributed by atoms with Gasteiger partial charge in [0.25, 0.3) is 11.5 Å². The van der Waals surface area contributed by atoms with Crippen LogP contribution in [-0.2, 0) is 9.53 Å². The van der Waals surface area contributed by atoms with E-state index in [9.17, 15) is 27.6 Å². The van der Waals surface area contributed by atoms with Crippen LogP contribution in [0, 0.1) is 6.92 Å². The number of halogens is 3. The molecule has 2 saturated heterocycles. The highest BCUT2D eigenvalue weighted by atomic mass is 19.4. The summed E-state index contributed by atoms with van der Waals surface area (Å²) >= 11 is 0. The minimum Gasteiger partial charge on any atom is -0.497 e. The third-order valence-corrected chi connectivity index (χ3v) is 7.07. The Kier molecular flexibility index (Phi) is 7.28. The number of alkyl halides is 3. The maximum atomic E-state index is 13.8. The predicted octanol–water partition coefficient (Wildman–Crippen LogP) is 3.56. The Hall–Kier alpha value is -4.32. The van der Waals surface area contributed by atoms with Gasteiger partial charge in [0.15, 0.2) is 0 Å². The molecule has 210 valence electrons. The minimum atomic E-state index is -4.87. The second kappa shape index (κ2) is 10.7. The Morgan fingerprint density at radius 1 is 1.00 bits per heavy atom. The molecular weight excluding hydrogens is 531 g/mol. The molecule has 0 bridgehead atoms. The summed E-state index contributed by atoms with van der Waals surface area (Å²) in [5.74, 6) is -1.54. The first-order valence-corrected chi connectivity index (χ1v) is 12.5. The van der Waals surface area contributed by atoms with Gasteiger partial charge in [-0.2, -0.15) is 0 Å². The highest BCUT2D eigenvalue weighted by molar-refractivity contribution is 6.05. The van der Waals surface area contributed by atoms with Crippen LogP contribution in [0.4, 0.5) is 18.9 Å². The summed E-state index contributed by atoms with van der Waals surface area (Å²) in [6.07, 6.45) is -3.18. The number of hydrogen-bond acceptors (Lipinski definition) is 6. The molecule has 3 heterocycles. The van der Waals surface area contributed by atoms with Crippen LogP contribution in [0.15, 0.2) is 65.6 Å². The third-order valence-electron chi connectivity index (χ3n) is 7.07. The summed E-state index contributed by atoms with van der Waals surface area (Å²) in [7, 11) is 1.53. The summed E-state index contributed by atoms with van der Waals surface area (Å²) < 4.78 is 53.4. The van der Waals surface area contributed by atoms with Crippen LogP contribution >= 0.6 is 0 Å². The number of rotatable bonds is 7. The zero-order valence-electron chi connectivity index (χ0n) is 21.6. The van der Waals surface area contributed by atoms with Gasteiger partial charge in [-0.25, -0.2) is 0 Å². The van der Waals surface area contributed by atoms with E-state index in [1.807, 2.05) is 0 Å². The van der Waals surface area contributed by atoms with Crippen molar-refractivity contribution in [1.29, 1.82) is 0 Å². The van der Waals surface area contributed by atoms with E-state index in [4.69, 9.17) is 9.47 Å². The van der Waals surface area contributed by atoms with E-state index in [1.165, 1.54) is 24.1 Å². The smallest absolute Gasteiger partial charge is 0.497 e. The number of aromatic nitrogens is 1. The molecule has 2 aliphatic heterocycles. The van der Waals surface area contributed by atoms with Gasteiger partial charge in [0.05, 0.1) is 26.4 Å². The van der Waals surface area contributed by atoms with Crippen molar-refractivity contribution < 1.29 is 37.0 Å². The SMILES string of the molecule is COc1ccc([C@@H]2CN(c3c(C)ccn(C4COC4)c3=O)C(=O)C2NC(=O)c2ccc(OC(F)(F)F)cc2)cc1. The van der Waals surface area contributed by atoms with Crippen LogP contribution < -0.4 is 25.2 Å². The topological polar surface area (TPSA) is 99.1 Å². The summed E-state index contributed by atoms with van der Waals surface area (Å²) in [4.78, 5) is 41.8. The number of nitrogens with one attached hydrogen (secondary N) is 1. The number of carbonyl (C=O) groups is 2. The predicted molar refractivity (Wildman–Crippen MR) is 138 cm³/mol. The zero-order chi connectivity index (χ0) is 28.6. The number of benzene rings is 2. The maximum Gasteiger partial charge on any atom is 0.573 e. The van der Waals surface area contributed by atoms with Crippen LogP contribution in [0.25, 0.3) is 0 Å². The lowest BCUT2D eigenvalue weighted by Gasteiger charge is -2.29. The fourth-order valence-corrected chi connectivity index (χ4v) is 4.91. The molecule has 1 aromatic heterocycles. The van der Waals surface area contributed by atoms with Crippen molar-refractivity contribution in [3.8, 4) is 11.5 Å². The molecule has 2 atom stereocenters. The van der Waals surface area contributed by atoms with Crippen LogP contribution in [0.3, 0.4) is 0 Å². The molecule has 0 radical (unpaired) electrons. The average Bonchev–Trinajstić information content (AvgIpc) is 3.19. The van der Waals surface area contributed by atoms with Gasteiger partial charge >= 0.3 is 6.36 Å². The lowest BCUT2D eigenvalue weighted by molar-refractivity contribution is -0.274. The lowest BCUT2D eigenvalue weighted by atomic mass is 9.93. The van der Waals surface area contributed by atoms with Gasteiger partial charge in [0.2, 0.25) is 5.91 Å². The van der Waals surface area contributed by atoms with E-state index in [1.54, 1.807) is 48.0 Å². The largest absolute Gasteiger partial charge is 0.573 e. The molecule has 1 N–H and O–H groups in total. The van der Waals surface area contributed by atoms with Crippen molar-refractivity contribution in [3.63, 3.8) is 0 Å². The number of anilines is 1. The van der Waals surface area contributed by atoms with Crippen molar-refractivity contribution in [2.24, 2.45) is 0 Å². The third kappa shape index (κ3) is 5.39. The normalized spacial score (nSPS) is 19.3. The molecule has 40 heavy (non-hydrogen) atoms. The number of aryl methyl sites for hydroxylation is 1. The Morgan fingerprint density at radius 3 is 2.23 bits per heavy atom. The fourth-order valence-electron chi connectivity index (χ4n) is 4.91. The van der Waals surface area contributed by atoms with Gasteiger partial charge in [0.1, 0.15) is 23.2 Å². The van der Waals surface area contributed by atoms with Crippen molar-refractivity contribution >= 4 is 17.5 Å². The van der Waals surface area contributed by atoms with Crippen LogP contribution in [0.5, 0.6) is 11.5 Å². The molecule has 0 saturated carbocycles. The summed E-state index contributed by atoms with van der Waals surface area (Å²) in [6.45, 7) is 2.66. The van der Waals surface area contributed by atoms with Gasteiger partial charge in [-0.15, -0.1) is 13.2 Å². The Bertz CT molecular complexity index is 1470. The molecule has 2 amide bonds. The molecule has 3 aromatic rings. The molecule has 5 rings (SSSR count). The number of methoxy groups -OCH3 is 1. The van der Waals surface area contributed by atoms with E-state index < -0.39 is 35.9 Å². The van der Waals surface area contributed by atoms with Gasteiger partial charge in [0, 0.05) is 24.2 Å². The highest BCUT2D eigenvalue weighted by Crippen LogP contribution is 2.34. The molecule has 1 unspecified atom stereocenters. The fraction of sp³-hybridized carbons (Fsp3) is 0.321. The van der Waals surface area contributed by atoms with E-state index in [2.05, 4.69) is 10.1 Å². The Balaban J connectivity index is 1.46. The molecule has 2 aliphatic rings. The second-order valence-corrected chi connectivity index (χ2v) is 9.60. The molecule has 2 aromatic carbocycles. The summed E-state index contributed by atoms with van der Waals surface area (Å²) in [5, 5.41) is 2.73. The number of carbonyl (C=O) groups excluding carboxylic acids is 2. The van der Waals surface area contributed by atoms with E-state index in [-0.39, 0.29) is 29.4 Å². The molecule has 0 aliphatic carbocycles. The van der Waals surface area contributed by atoms with Gasteiger partial charge in [-0.3, -0.25) is 14.4 Å². The average molecular weight is 558 g/mol. The van der Waals surface area contributed by atoms with Crippen molar-refractivity contribution in [2.75, 3.05) is 31.8 Å². The van der Waals surface area contributed by atoms with Crippen molar-refractivity contribution in [2.45, 2.75) is 31.3 Å². The number of pyridine rings is 1. The Labute approximate surface area is 227 Å². The van der Waals surface area contributed by atoms with E-state index in [0.717, 1.165) is 17.7 Å². The molecular formula is C28H26F3N3O6. The molecule has 0 spiro atoms. The minimum absolute atomic E-state index is 0.0393. The second-order valence-electron chi connectivity index (χ2n) is 9.60. The zero-order valence-corrected chi connectivity index (χ0v) is 21.6. The van der Waals surface area contributed by atoms with Crippen molar-refractivity contribution in [3.05, 3.63) is 87.8 Å². The summed E-state index contributed by atoms with van der Waals surface area (Å²) in [6, 6.07) is 12.0. The number of ether oxygens (including phenoxy) is 3. The van der Waals surface area contributed by atoms with E-state index >= 15 is 0 Å². The van der Waals surface area contributed by atoms with Gasteiger partial charge < -0.3 is 29.0 Å². The quantitative estimate of drug-likeness (QED) is 0.477. The van der Waals surface area contributed by atoms with Gasteiger partial charge in [-0.1, -0.05) is 12.1 Å². The molecule has 12 heteroatoms. The van der Waals surface area contributed by atoms with E-state index in [0.29, 0.717) is 24.5 Å². The summed E-state index contributed by atoms with van der Waals surface area (Å²) in [5.41, 5.74) is 1.27. The van der Waals surface area contributed by atoms with Crippen molar-refractivity contribution in [1.82, 2.24) is 9.88 Å². The number of hydrogen-bond donors (Lipinski definition) is 1. The molecule has 2 fully saturated rings. The highest BCUT2D eigenvalue weighted by Gasteiger charge is 2.44.